The molecule has 2 aliphatic carbocycles. The fourth-order valence-corrected chi connectivity index (χ4v) is 5.86. The second-order valence-electron chi connectivity index (χ2n) is 9.20. The van der Waals surface area contributed by atoms with E-state index in [1.165, 1.54) is 48.8 Å². The van der Waals surface area contributed by atoms with E-state index in [2.05, 4.69) is 54.0 Å². The van der Waals surface area contributed by atoms with Crippen molar-refractivity contribution in [3.63, 3.8) is 0 Å². The molecular weight excluding hydrogens is 417 g/mol. The third kappa shape index (κ3) is 4.49. The summed E-state index contributed by atoms with van der Waals surface area (Å²) in [5.41, 5.74) is 6.25. The van der Waals surface area contributed by atoms with Crippen LogP contribution in [0.25, 0.3) is 0 Å². The van der Waals surface area contributed by atoms with E-state index in [0.717, 1.165) is 30.3 Å². The molecule has 2 aromatic rings. The van der Waals surface area contributed by atoms with Gasteiger partial charge in [-0.25, -0.2) is 0 Å². The standard InChI is InChI=1S/C23H28N2O.C2HF3O/c1-15-5-7-17(8-6-15)25-21-13-16-12-20-18-4-2-3-9-23(18,10-11-24-20)19(16)14-22(21)26;3-2(4,5)1-6/h5-8,13-14,18,20,24-26H,2-4,9-12H2,1H3;1H/t18-,20+,23+;/m1./s1. The number of fused-ring (bicyclic) bond motifs is 1. The summed E-state index contributed by atoms with van der Waals surface area (Å²) in [6, 6.07) is 13.2. The Hall–Kier alpha value is -2.54. The van der Waals surface area contributed by atoms with E-state index in [0.29, 0.717) is 17.2 Å². The van der Waals surface area contributed by atoms with Crippen molar-refractivity contribution in [3.05, 3.63) is 53.1 Å². The summed E-state index contributed by atoms with van der Waals surface area (Å²) in [6.45, 7) is 3.20. The van der Waals surface area contributed by atoms with Crippen molar-refractivity contribution in [2.24, 2.45) is 5.92 Å². The highest BCUT2D eigenvalue weighted by atomic mass is 19.4. The number of alkyl halides is 3. The molecule has 32 heavy (non-hydrogen) atoms. The quantitative estimate of drug-likeness (QED) is 0.419. The highest BCUT2D eigenvalue weighted by Crippen LogP contribution is 2.55. The summed E-state index contributed by atoms with van der Waals surface area (Å²) in [6.07, 6.45) is 1.91. The number of carbonyl (C=O) groups excluding carboxylic acids is 1. The topological polar surface area (TPSA) is 61.4 Å². The number of piperidine rings is 1. The van der Waals surface area contributed by atoms with Crippen molar-refractivity contribution in [2.45, 2.75) is 63.1 Å². The molecule has 2 aromatic carbocycles. The molecule has 2 fully saturated rings. The molecule has 1 saturated carbocycles. The van der Waals surface area contributed by atoms with E-state index in [1.54, 1.807) is 0 Å². The van der Waals surface area contributed by atoms with E-state index in [1.807, 2.05) is 0 Å². The maximum absolute atomic E-state index is 10.8. The number of carbonyl (C=O) groups is 1. The Morgan fingerprint density at radius 2 is 1.88 bits per heavy atom. The van der Waals surface area contributed by atoms with E-state index < -0.39 is 12.5 Å². The number of hydrogen-bond acceptors (Lipinski definition) is 4. The predicted molar refractivity (Wildman–Crippen MR) is 118 cm³/mol. The van der Waals surface area contributed by atoms with Crippen LogP contribution in [0, 0.1) is 12.8 Å². The fourth-order valence-electron chi connectivity index (χ4n) is 5.86. The third-order valence-electron chi connectivity index (χ3n) is 7.22. The predicted octanol–water partition coefficient (Wildman–Crippen LogP) is 5.54. The highest BCUT2D eigenvalue weighted by molar-refractivity contribution is 5.69. The lowest BCUT2D eigenvalue weighted by Crippen LogP contribution is -2.59. The monoisotopic (exact) mass is 446 g/mol. The molecule has 0 aromatic heterocycles. The van der Waals surface area contributed by atoms with Crippen LogP contribution in [-0.2, 0) is 16.6 Å². The maximum Gasteiger partial charge on any atom is 0.446 e. The summed E-state index contributed by atoms with van der Waals surface area (Å²) < 4.78 is 31.2. The molecule has 1 saturated heterocycles. The number of aromatic hydroxyl groups is 1. The third-order valence-corrected chi connectivity index (χ3v) is 7.22. The Morgan fingerprint density at radius 1 is 1.16 bits per heavy atom. The van der Waals surface area contributed by atoms with Gasteiger partial charge in [0.25, 0.3) is 0 Å². The molecule has 5 rings (SSSR count). The Balaban J connectivity index is 0.000000363. The van der Waals surface area contributed by atoms with Gasteiger partial charge < -0.3 is 15.7 Å². The van der Waals surface area contributed by atoms with Gasteiger partial charge in [0.1, 0.15) is 5.75 Å². The first-order valence-corrected chi connectivity index (χ1v) is 11.2. The molecule has 0 radical (unpaired) electrons. The molecular formula is C25H29F3N2O2. The minimum Gasteiger partial charge on any atom is -0.506 e. The molecule has 3 atom stereocenters. The number of phenolic OH excluding ortho intramolecular Hbond substituents is 1. The molecule has 1 aliphatic heterocycles. The van der Waals surface area contributed by atoms with Gasteiger partial charge in [-0.05, 0) is 80.5 Å². The van der Waals surface area contributed by atoms with Crippen LogP contribution >= 0.6 is 0 Å². The first-order chi connectivity index (χ1) is 15.2. The van der Waals surface area contributed by atoms with Gasteiger partial charge in [-0.15, -0.1) is 0 Å². The van der Waals surface area contributed by atoms with Crippen molar-refractivity contribution in [1.82, 2.24) is 5.32 Å². The zero-order chi connectivity index (χ0) is 22.9. The van der Waals surface area contributed by atoms with Gasteiger partial charge in [0, 0.05) is 17.1 Å². The molecule has 2 bridgehead atoms. The van der Waals surface area contributed by atoms with Crippen molar-refractivity contribution in [3.8, 4) is 5.75 Å². The normalized spacial score (nSPS) is 26.1. The Kier molecular flexibility index (Phi) is 6.21. The molecule has 0 unspecified atom stereocenters. The smallest absolute Gasteiger partial charge is 0.446 e. The van der Waals surface area contributed by atoms with E-state index in [4.69, 9.17) is 4.79 Å². The van der Waals surface area contributed by atoms with Gasteiger partial charge in [0.2, 0.25) is 6.29 Å². The average molecular weight is 447 g/mol. The van der Waals surface area contributed by atoms with E-state index in [-0.39, 0.29) is 0 Å². The van der Waals surface area contributed by atoms with Crippen LogP contribution in [0.4, 0.5) is 24.5 Å². The number of hydrogen-bond donors (Lipinski definition) is 3. The second kappa shape index (κ2) is 8.77. The number of aryl methyl sites for hydroxylation is 1. The number of benzene rings is 2. The van der Waals surface area contributed by atoms with Crippen molar-refractivity contribution in [1.29, 1.82) is 0 Å². The Morgan fingerprint density at radius 3 is 2.56 bits per heavy atom. The largest absolute Gasteiger partial charge is 0.506 e. The Bertz CT molecular complexity index is 970. The van der Waals surface area contributed by atoms with Gasteiger partial charge in [-0.1, -0.05) is 30.5 Å². The number of rotatable bonds is 2. The lowest BCUT2D eigenvalue weighted by atomic mass is 9.53. The minimum absolute atomic E-state index is 0.293. The van der Waals surface area contributed by atoms with Gasteiger partial charge in [-0.2, -0.15) is 13.2 Å². The number of phenols is 1. The summed E-state index contributed by atoms with van der Waals surface area (Å²) in [5, 5.41) is 18.0. The van der Waals surface area contributed by atoms with Crippen LogP contribution < -0.4 is 10.6 Å². The van der Waals surface area contributed by atoms with Gasteiger partial charge >= 0.3 is 6.18 Å². The first-order valence-electron chi connectivity index (χ1n) is 11.2. The summed E-state index contributed by atoms with van der Waals surface area (Å²) in [4.78, 5) is 8.70. The molecule has 3 aliphatic rings. The first kappa shape index (κ1) is 22.6. The summed E-state index contributed by atoms with van der Waals surface area (Å²) in [5.74, 6) is 1.13. The van der Waals surface area contributed by atoms with Crippen LogP contribution in [-0.4, -0.2) is 30.2 Å². The lowest BCUT2D eigenvalue weighted by Gasteiger charge is -2.56. The number of anilines is 2. The number of aldehydes is 1. The van der Waals surface area contributed by atoms with Gasteiger partial charge in [-0.3, -0.25) is 4.79 Å². The van der Waals surface area contributed by atoms with Crippen molar-refractivity contribution < 1.29 is 23.1 Å². The van der Waals surface area contributed by atoms with Crippen LogP contribution in [0.15, 0.2) is 36.4 Å². The molecule has 1 heterocycles. The van der Waals surface area contributed by atoms with Gasteiger partial charge in [0.05, 0.1) is 5.69 Å². The zero-order valence-electron chi connectivity index (χ0n) is 18.1. The zero-order valence-corrected chi connectivity index (χ0v) is 18.1. The number of nitrogens with one attached hydrogen (secondary N) is 2. The summed E-state index contributed by atoms with van der Waals surface area (Å²) >= 11 is 0. The minimum atomic E-state index is -4.64. The van der Waals surface area contributed by atoms with Gasteiger partial charge in [0.15, 0.2) is 0 Å². The van der Waals surface area contributed by atoms with E-state index in [9.17, 15) is 18.3 Å². The molecule has 0 spiro atoms. The Labute approximate surface area is 186 Å². The van der Waals surface area contributed by atoms with Crippen molar-refractivity contribution in [2.75, 3.05) is 11.9 Å². The number of halogens is 3. The van der Waals surface area contributed by atoms with Crippen LogP contribution in [0.3, 0.4) is 0 Å². The average Bonchev–Trinajstić information content (AvgIpc) is 2.76. The highest BCUT2D eigenvalue weighted by Gasteiger charge is 2.51. The van der Waals surface area contributed by atoms with Crippen LogP contribution in [0.2, 0.25) is 0 Å². The molecule has 0 amide bonds. The second-order valence-corrected chi connectivity index (χ2v) is 9.20. The van der Waals surface area contributed by atoms with Crippen LogP contribution in [0.5, 0.6) is 5.75 Å². The molecule has 7 heteroatoms. The maximum atomic E-state index is 10.8. The SMILES string of the molecule is Cc1ccc(Nc2cc3c(cc2O)[C@]24CCCC[C@@H]2[C@H](C3)NCC4)cc1.O=CC(F)(F)F. The molecule has 3 N–H and O–H groups in total. The van der Waals surface area contributed by atoms with E-state index >= 15 is 0 Å². The van der Waals surface area contributed by atoms with Crippen LogP contribution in [0.1, 0.15) is 48.8 Å². The molecule has 172 valence electrons. The lowest BCUT2D eigenvalue weighted by molar-refractivity contribution is -0.156. The summed E-state index contributed by atoms with van der Waals surface area (Å²) in [7, 11) is 0. The van der Waals surface area contributed by atoms with Crippen molar-refractivity contribution >= 4 is 17.7 Å². The fraction of sp³-hybridized carbons (Fsp3) is 0.480. The molecule has 4 nitrogen and oxygen atoms in total.